The van der Waals surface area contributed by atoms with Crippen LogP contribution < -0.4 is 5.32 Å². The Kier molecular flexibility index (Phi) is 3.95. The van der Waals surface area contributed by atoms with Crippen LogP contribution in [0.4, 0.5) is 0 Å². The quantitative estimate of drug-likeness (QED) is 0.933. The van der Waals surface area contributed by atoms with Gasteiger partial charge in [-0.15, -0.1) is 11.3 Å². The van der Waals surface area contributed by atoms with Crippen LogP contribution in [-0.2, 0) is 5.54 Å². The summed E-state index contributed by atoms with van der Waals surface area (Å²) < 4.78 is 0. The van der Waals surface area contributed by atoms with E-state index in [0.29, 0.717) is 5.69 Å². The van der Waals surface area contributed by atoms with Gasteiger partial charge in [-0.05, 0) is 32.4 Å². The Morgan fingerprint density at radius 2 is 2.26 bits per heavy atom. The van der Waals surface area contributed by atoms with Crippen molar-refractivity contribution in [3.63, 3.8) is 0 Å². The molecule has 2 rings (SSSR count). The molecule has 0 aromatic carbocycles. The molecule has 0 radical (unpaired) electrons. The van der Waals surface area contributed by atoms with E-state index in [9.17, 15) is 4.79 Å². The number of aromatic nitrogens is 2. The van der Waals surface area contributed by atoms with Crippen molar-refractivity contribution >= 4 is 17.2 Å². The number of rotatable bonds is 4. The molecule has 0 fully saturated rings. The summed E-state index contributed by atoms with van der Waals surface area (Å²) in [5.74, 6) is -0.164. The minimum absolute atomic E-state index is 0.164. The Morgan fingerprint density at radius 1 is 1.47 bits per heavy atom. The number of pyridine rings is 1. The predicted molar refractivity (Wildman–Crippen MR) is 76.2 cm³/mol. The third-order valence-electron chi connectivity index (χ3n) is 3.12. The Bertz CT molecular complexity index is 568. The summed E-state index contributed by atoms with van der Waals surface area (Å²) >= 11 is 1.55. The van der Waals surface area contributed by atoms with Gasteiger partial charge in [0.05, 0.1) is 5.54 Å². The number of hydrogen-bond acceptors (Lipinski definition) is 4. The van der Waals surface area contributed by atoms with Crippen LogP contribution in [0.3, 0.4) is 0 Å². The first-order chi connectivity index (χ1) is 9.05. The molecule has 0 saturated heterocycles. The van der Waals surface area contributed by atoms with Gasteiger partial charge in [-0.1, -0.05) is 13.0 Å². The molecular formula is C14H17N3OS. The second-order valence-corrected chi connectivity index (χ2v) is 5.54. The van der Waals surface area contributed by atoms with E-state index in [1.54, 1.807) is 23.6 Å². The molecule has 100 valence electrons. The minimum atomic E-state index is -0.448. The summed E-state index contributed by atoms with van der Waals surface area (Å²) in [5, 5.41) is 5.87. The number of carbonyl (C=O) groups excluding carboxylic acids is 1. The second kappa shape index (κ2) is 5.48. The summed E-state index contributed by atoms with van der Waals surface area (Å²) in [6.45, 7) is 5.89. The van der Waals surface area contributed by atoms with Gasteiger partial charge in [-0.25, -0.2) is 9.97 Å². The van der Waals surface area contributed by atoms with Crippen LogP contribution in [0.15, 0.2) is 29.8 Å². The molecule has 4 nitrogen and oxygen atoms in total. The summed E-state index contributed by atoms with van der Waals surface area (Å²) in [6.07, 6.45) is 2.53. The van der Waals surface area contributed by atoms with Crippen LogP contribution in [0.25, 0.3) is 0 Å². The lowest BCUT2D eigenvalue weighted by Gasteiger charge is -2.27. The van der Waals surface area contributed by atoms with E-state index >= 15 is 0 Å². The smallest absolute Gasteiger partial charge is 0.270 e. The fourth-order valence-electron chi connectivity index (χ4n) is 1.77. The standard InChI is InChI=1S/C14H17N3OS/c1-4-14(3,13-15-8-9-19-13)17-12(18)11-7-5-6-10(2)16-11/h5-9H,4H2,1-3H3,(H,17,18). The maximum atomic E-state index is 12.3. The summed E-state index contributed by atoms with van der Waals surface area (Å²) in [4.78, 5) is 20.8. The summed E-state index contributed by atoms with van der Waals surface area (Å²) in [5.41, 5.74) is 0.827. The molecule has 0 aliphatic heterocycles. The van der Waals surface area contributed by atoms with E-state index in [2.05, 4.69) is 15.3 Å². The maximum absolute atomic E-state index is 12.3. The monoisotopic (exact) mass is 275 g/mol. The first-order valence-corrected chi connectivity index (χ1v) is 7.09. The van der Waals surface area contributed by atoms with Gasteiger partial charge in [0.2, 0.25) is 0 Å². The molecule has 2 aromatic rings. The van der Waals surface area contributed by atoms with Gasteiger partial charge >= 0.3 is 0 Å². The largest absolute Gasteiger partial charge is 0.339 e. The third kappa shape index (κ3) is 2.98. The average molecular weight is 275 g/mol. The van der Waals surface area contributed by atoms with Gasteiger partial charge in [0.1, 0.15) is 10.7 Å². The van der Waals surface area contributed by atoms with Gasteiger partial charge in [0.25, 0.3) is 5.91 Å². The molecule has 1 amide bonds. The molecule has 2 aromatic heterocycles. The van der Waals surface area contributed by atoms with Crippen molar-refractivity contribution < 1.29 is 4.79 Å². The number of nitrogens with one attached hydrogen (secondary N) is 1. The minimum Gasteiger partial charge on any atom is -0.339 e. The molecule has 1 atom stereocenters. The van der Waals surface area contributed by atoms with Gasteiger partial charge in [0.15, 0.2) is 0 Å². The SMILES string of the molecule is CCC(C)(NC(=O)c1cccc(C)n1)c1nccs1. The molecule has 2 heterocycles. The first kappa shape index (κ1) is 13.7. The number of carbonyl (C=O) groups is 1. The Labute approximate surface area is 116 Å². The van der Waals surface area contributed by atoms with Gasteiger partial charge < -0.3 is 5.32 Å². The Morgan fingerprint density at radius 3 is 2.84 bits per heavy atom. The zero-order valence-electron chi connectivity index (χ0n) is 11.3. The van der Waals surface area contributed by atoms with Crippen LogP contribution >= 0.6 is 11.3 Å². The molecular weight excluding hydrogens is 258 g/mol. The van der Waals surface area contributed by atoms with Crippen molar-refractivity contribution in [2.24, 2.45) is 0 Å². The Hall–Kier alpha value is -1.75. The molecule has 5 heteroatoms. The van der Waals surface area contributed by atoms with Crippen LogP contribution in [0, 0.1) is 6.92 Å². The van der Waals surface area contributed by atoms with Crippen molar-refractivity contribution in [1.82, 2.24) is 15.3 Å². The first-order valence-electron chi connectivity index (χ1n) is 6.21. The van der Waals surface area contributed by atoms with E-state index < -0.39 is 5.54 Å². The van der Waals surface area contributed by atoms with Crippen molar-refractivity contribution in [3.8, 4) is 0 Å². The predicted octanol–water partition coefficient (Wildman–Crippen LogP) is 2.90. The fourth-order valence-corrected chi connectivity index (χ4v) is 2.60. The van der Waals surface area contributed by atoms with E-state index in [-0.39, 0.29) is 5.91 Å². The lowest BCUT2D eigenvalue weighted by Crippen LogP contribution is -2.43. The highest BCUT2D eigenvalue weighted by atomic mass is 32.1. The van der Waals surface area contributed by atoms with Crippen LogP contribution in [0.1, 0.15) is 41.5 Å². The number of amides is 1. The molecule has 1 N–H and O–H groups in total. The van der Waals surface area contributed by atoms with E-state index in [0.717, 1.165) is 17.1 Å². The highest BCUT2D eigenvalue weighted by Crippen LogP contribution is 2.26. The van der Waals surface area contributed by atoms with Crippen LogP contribution in [0.2, 0.25) is 0 Å². The molecule has 0 aliphatic carbocycles. The number of thiazole rings is 1. The van der Waals surface area contributed by atoms with Gasteiger partial charge in [-0.3, -0.25) is 4.79 Å². The molecule has 0 aliphatic rings. The molecule has 0 spiro atoms. The Balaban J connectivity index is 2.22. The lowest BCUT2D eigenvalue weighted by molar-refractivity contribution is 0.0896. The van der Waals surface area contributed by atoms with Crippen molar-refractivity contribution in [3.05, 3.63) is 46.2 Å². The van der Waals surface area contributed by atoms with Gasteiger partial charge in [-0.2, -0.15) is 0 Å². The average Bonchev–Trinajstić information content (AvgIpc) is 2.93. The van der Waals surface area contributed by atoms with Crippen molar-refractivity contribution in [2.45, 2.75) is 32.7 Å². The maximum Gasteiger partial charge on any atom is 0.270 e. The topological polar surface area (TPSA) is 54.9 Å². The molecule has 0 saturated carbocycles. The van der Waals surface area contributed by atoms with E-state index in [1.807, 2.05) is 38.3 Å². The fraction of sp³-hybridized carbons (Fsp3) is 0.357. The van der Waals surface area contributed by atoms with Crippen LogP contribution in [-0.4, -0.2) is 15.9 Å². The summed E-state index contributed by atoms with van der Waals surface area (Å²) in [7, 11) is 0. The zero-order valence-corrected chi connectivity index (χ0v) is 12.1. The van der Waals surface area contributed by atoms with E-state index in [1.165, 1.54) is 0 Å². The third-order valence-corrected chi connectivity index (χ3v) is 4.16. The number of nitrogens with zero attached hydrogens (tertiary/aromatic N) is 2. The van der Waals surface area contributed by atoms with Crippen LogP contribution in [0.5, 0.6) is 0 Å². The lowest BCUT2D eigenvalue weighted by atomic mass is 9.99. The van der Waals surface area contributed by atoms with Crippen molar-refractivity contribution in [1.29, 1.82) is 0 Å². The second-order valence-electron chi connectivity index (χ2n) is 4.64. The normalized spacial score (nSPS) is 13.8. The molecule has 19 heavy (non-hydrogen) atoms. The highest BCUT2D eigenvalue weighted by molar-refractivity contribution is 7.09. The van der Waals surface area contributed by atoms with E-state index in [4.69, 9.17) is 0 Å². The van der Waals surface area contributed by atoms with Gasteiger partial charge in [0, 0.05) is 17.3 Å². The number of hydrogen-bond donors (Lipinski definition) is 1. The molecule has 1 unspecified atom stereocenters. The molecule has 0 bridgehead atoms. The summed E-state index contributed by atoms with van der Waals surface area (Å²) in [6, 6.07) is 5.43. The zero-order chi connectivity index (χ0) is 13.9. The highest BCUT2D eigenvalue weighted by Gasteiger charge is 2.29. The number of aryl methyl sites for hydroxylation is 1. The van der Waals surface area contributed by atoms with Crippen molar-refractivity contribution in [2.75, 3.05) is 0 Å².